The van der Waals surface area contributed by atoms with Gasteiger partial charge in [-0.2, -0.15) is 0 Å². The number of aromatic carboxylic acids is 1. The van der Waals surface area contributed by atoms with Gasteiger partial charge in [0, 0.05) is 6.04 Å². The Bertz CT molecular complexity index is 641. The van der Waals surface area contributed by atoms with E-state index in [1.165, 1.54) is 19.2 Å². The largest absolute Gasteiger partial charge is 0.496 e. The Hall–Kier alpha value is -1.60. The fourth-order valence-electron chi connectivity index (χ4n) is 2.37. The van der Waals surface area contributed by atoms with Gasteiger partial charge in [0.2, 0.25) is 10.0 Å². The molecule has 2 N–H and O–H groups in total. The highest BCUT2D eigenvalue weighted by Gasteiger charge is 2.39. The molecule has 0 saturated heterocycles. The van der Waals surface area contributed by atoms with E-state index in [9.17, 15) is 13.2 Å². The van der Waals surface area contributed by atoms with Gasteiger partial charge < -0.3 is 9.84 Å². The zero-order chi connectivity index (χ0) is 15.6. The lowest BCUT2D eigenvalue weighted by atomic mass is 10.2. The second-order valence-electron chi connectivity index (χ2n) is 5.18. The third-order valence-corrected chi connectivity index (χ3v) is 5.09. The Morgan fingerprint density at radius 1 is 1.48 bits per heavy atom. The van der Waals surface area contributed by atoms with Gasteiger partial charge in [-0.05, 0) is 37.0 Å². The SMILES string of the molecule is CCCC1CC1NS(=O)(=O)c1ccc(OC)c(C(=O)O)c1. The van der Waals surface area contributed by atoms with Gasteiger partial charge in [-0.1, -0.05) is 13.3 Å². The predicted octanol–water partition coefficient (Wildman–Crippen LogP) is 1.86. The summed E-state index contributed by atoms with van der Waals surface area (Å²) in [6.45, 7) is 2.06. The molecular weight excluding hydrogens is 294 g/mol. The number of ether oxygens (including phenoxy) is 1. The molecule has 1 aromatic carbocycles. The summed E-state index contributed by atoms with van der Waals surface area (Å²) in [5.74, 6) is -0.696. The van der Waals surface area contributed by atoms with Gasteiger partial charge in [-0.3, -0.25) is 0 Å². The van der Waals surface area contributed by atoms with Gasteiger partial charge in [-0.25, -0.2) is 17.9 Å². The minimum absolute atomic E-state index is 0.0367. The minimum Gasteiger partial charge on any atom is -0.496 e. The van der Waals surface area contributed by atoms with Crippen LogP contribution in [0.1, 0.15) is 36.5 Å². The molecule has 6 nitrogen and oxygen atoms in total. The van der Waals surface area contributed by atoms with Crippen molar-refractivity contribution in [3.05, 3.63) is 23.8 Å². The number of hydrogen-bond donors (Lipinski definition) is 2. The van der Waals surface area contributed by atoms with Crippen LogP contribution < -0.4 is 9.46 Å². The molecule has 2 rings (SSSR count). The number of rotatable bonds is 7. The molecule has 0 aliphatic heterocycles. The van der Waals surface area contributed by atoms with Crippen molar-refractivity contribution in [2.45, 2.75) is 37.1 Å². The molecule has 0 bridgehead atoms. The van der Waals surface area contributed by atoms with Crippen LogP contribution in [0.15, 0.2) is 23.1 Å². The summed E-state index contributed by atoms with van der Waals surface area (Å²) in [5.41, 5.74) is -0.165. The smallest absolute Gasteiger partial charge is 0.339 e. The number of carboxylic acid groups (broad SMARTS) is 1. The first kappa shape index (κ1) is 15.8. The Kier molecular flexibility index (Phi) is 4.53. The fraction of sp³-hybridized carbons (Fsp3) is 0.500. The highest BCUT2D eigenvalue weighted by atomic mass is 32.2. The van der Waals surface area contributed by atoms with Crippen molar-refractivity contribution in [3.63, 3.8) is 0 Å². The van der Waals surface area contributed by atoms with Crippen LogP contribution in [0.2, 0.25) is 0 Å². The van der Waals surface area contributed by atoms with Crippen molar-refractivity contribution in [1.82, 2.24) is 4.72 Å². The second kappa shape index (κ2) is 6.03. The van der Waals surface area contributed by atoms with Crippen molar-refractivity contribution in [2.75, 3.05) is 7.11 Å². The Morgan fingerprint density at radius 2 is 2.19 bits per heavy atom. The Morgan fingerprint density at radius 3 is 2.76 bits per heavy atom. The maximum atomic E-state index is 12.3. The number of benzene rings is 1. The van der Waals surface area contributed by atoms with Crippen molar-refractivity contribution in [1.29, 1.82) is 0 Å². The summed E-state index contributed by atoms with van der Waals surface area (Å²) < 4.78 is 32.1. The number of nitrogens with one attached hydrogen (secondary N) is 1. The molecule has 21 heavy (non-hydrogen) atoms. The van der Waals surface area contributed by atoms with E-state index in [4.69, 9.17) is 9.84 Å². The molecule has 2 unspecified atom stereocenters. The normalized spacial score (nSPS) is 21.0. The number of sulfonamides is 1. The molecule has 0 radical (unpaired) electrons. The first-order valence-electron chi connectivity index (χ1n) is 6.82. The summed E-state index contributed by atoms with van der Waals surface area (Å²) in [5, 5.41) is 9.10. The van der Waals surface area contributed by atoms with Crippen molar-refractivity contribution in [3.8, 4) is 5.75 Å². The van der Waals surface area contributed by atoms with Crippen LogP contribution in [0.25, 0.3) is 0 Å². The number of methoxy groups -OCH3 is 1. The van der Waals surface area contributed by atoms with E-state index in [0.717, 1.165) is 25.3 Å². The van der Waals surface area contributed by atoms with Gasteiger partial charge in [-0.15, -0.1) is 0 Å². The van der Waals surface area contributed by atoms with Crippen LogP contribution in [0.4, 0.5) is 0 Å². The van der Waals surface area contributed by atoms with Crippen LogP contribution in [-0.4, -0.2) is 32.6 Å². The van der Waals surface area contributed by atoms with E-state index < -0.39 is 16.0 Å². The second-order valence-corrected chi connectivity index (χ2v) is 6.89. The van der Waals surface area contributed by atoms with E-state index in [-0.39, 0.29) is 22.3 Å². The van der Waals surface area contributed by atoms with Gasteiger partial charge in [0.25, 0.3) is 0 Å². The summed E-state index contributed by atoms with van der Waals surface area (Å²) in [7, 11) is -2.36. The fourth-order valence-corrected chi connectivity index (χ4v) is 3.71. The van der Waals surface area contributed by atoms with Crippen LogP contribution in [-0.2, 0) is 10.0 Å². The zero-order valence-electron chi connectivity index (χ0n) is 12.0. The molecule has 0 spiro atoms. The summed E-state index contributed by atoms with van der Waals surface area (Å²) in [4.78, 5) is 11.1. The van der Waals surface area contributed by atoms with Crippen LogP contribution in [0.3, 0.4) is 0 Å². The van der Waals surface area contributed by atoms with Crippen LogP contribution in [0.5, 0.6) is 5.75 Å². The maximum Gasteiger partial charge on any atom is 0.339 e. The van der Waals surface area contributed by atoms with Crippen molar-refractivity contribution >= 4 is 16.0 Å². The van der Waals surface area contributed by atoms with Crippen molar-refractivity contribution < 1.29 is 23.1 Å². The first-order chi connectivity index (χ1) is 9.89. The highest BCUT2D eigenvalue weighted by Crippen LogP contribution is 2.36. The molecule has 7 heteroatoms. The molecule has 116 valence electrons. The highest BCUT2D eigenvalue weighted by molar-refractivity contribution is 7.89. The quantitative estimate of drug-likeness (QED) is 0.801. The summed E-state index contributed by atoms with van der Waals surface area (Å²) >= 11 is 0. The van der Waals surface area contributed by atoms with Gasteiger partial charge in [0.05, 0.1) is 12.0 Å². The summed E-state index contributed by atoms with van der Waals surface area (Å²) in [6.07, 6.45) is 2.86. The van der Waals surface area contributed by atoms with Crippen LogP contribution in [0, 0.1) is 5.92 Å². The lowest BCUT2D eigenvalue weighted by Crippen LogP contribution is -2.27. The molecule has 1 saturated carbocycles. The monoisotopic (exact) mass is 313 g/mol. The molecule has 1 aliphatic rings. The molecule has 0 amide bonds. The maximum absolute atomic E-state index is 12.3. The lowest BCUT2D eigenvalue weighted by Gasteiger charge is -2.09. The number of carboxylic acids is 1. The molecule has 2 atom stereocenters. The van der Waals surface area contributed by atoms with Gasteiger partial charge >= 0.3 is 5.97 Å². The Balaban J connectivity index is 2.21. The zero-order valence-corrected chi connectivity index (χ0v) is 12.8. The average molecular weight is 313 g/mol. The van der Waals surface area contributed by atoms with Crippen molar-refractivity contribution in [2.24, 2.45) is 5.92 Å². The Labute approximate surface area is 124 Å². The molecule has 1 aromatic rings. The summed E-state index contributed by atoms with van der Waals surface area (Å²) in [6, 6.07) is 3.80. The molecule has 0 aromatic heterocycles. The predicted molar refractivity (Wildman–Crippen MR) is 77.1 cm³/mol. The number of hydrogen-bond acceptors (Lipinski definition) is 4. The van der Waals surface area contributed by atoms with E-state index in [1.54, 1.807) is 0 Å². The van der Waals surface area contributed by atoms with Gasteiger partial charge in [0.1, 0.15) is 11.3 Å². The van der Waals surface area contributed by atoms with E-state index >= 15 is 0 Å². The van der Waals surface area contributed by atoms with E-state index in [2.05, 4.69) is 11.6 Å². The number of carbonyl (C=O) groups is 1. The minimum atomic E-state index is -3.70. The molecule has 1 fully saturated rings. The van der Waals surface area contributed by atoms with Crippen LogP contribution >= 0.6 is 0 Å². The van der Waals surface area contributed by atoms with Gasteiger partial charge in [0.15, 0.2) is 0 Å². The first-order valence-corrected chi connectivity index (χ1v) is 8.31. The average Bonchev–Trinajstić information content (AvgIpc) is 3.15. The third-order valence-electron chi connectivity index (χ3n) is 3.60. The topological polar surface area (TPSA) is 92.7 Å². The standard InChI is InChI=1S/C14H19NO5S/c1-3-4-9-7-12(9)15-21(18,19)10-5-6-13(20-2)11(8-10)14(16)17/h5-6,8-9,12,15H,3-4,7H2,1-2H3,(H,16,17). The van der Waals surface area contributed by atoms with E-state index in [1.807, 2.05) is 0 Å². The molecule has 1 aliphatic carbocycles. The molecule has 0 heterocycles. The molecular formula is C14H19NO5S. The van der Waals surface area contributed by atoms with E-state index in [0.29, 0.717) is 5.92 Å². The lowest BCUT2D eigenvalue weighted by molar-refractivity contribution is 0.0693. The third kappa shape index (κ3) is 3.54.